The molecule has 1 fully saturated rings. The summed E-state index contributed by atoms with van der Waals surface area (Å²) in [5, 5.41) is 5.86. The van der Waals surface area contributed by atoms with Crippen molar-refractivity contribution >= 4 is 11.7 Å². The highest BCUT2D eigenvalue weighted by atomic mass is 16.2. The average Bonchev–Trinajstić information content (AvgIpc) is 2.49. The number of nitrogens with one attached hydrogen (secondary N) is 2. The van der Waals surface area contributed by atoms with Crippen LogP contribution >= 0.6 is 0 Å². The maximum Gasteiger partial charge on any atom is 0.319 e. The summed E-state index contributed by atoms with van der Waals surface area (Å²) in [5.41, 5.74) is 2.15. The van der Waals surface area contributed by atoms with Crippen molar-refractivity contribution in [3.05, 3.63) is 29.8 Å². The molecular formula is C18H28N2O. The molecule has 116 valence electrons. The van der Waals surface area contributed by atoms with E-state index >= 15 is 0 Å². The van der Waals surface area contributed by atoms with E-state index in [4.69, 9.17) is 0 Å². The number of urea groups is 1. The number of hydrogen-bond acceptors (Lipinski definition) is 1. The Morgan fingerprint density at radius 1 is 1.14 bits per heavy atom. The molecule has 1 aliphatic rings. The molecule has 3 nitrogen and oxygen atoms in total. The molecule has 1 saturated carbocycles. The van der Waals surface area contributed by atoms with E-state index < -0.39 is 0 Å². The van der Waals surface area contributed by atoms with Crippen LogP contribution in [0, 0.1) is 5.92 Å². The third-order valence-corrected chi connectivity index (χ3v) is 4.40. The van der Waals surface area contributed by atoms with Gasteiger partial charge < -0.3 is 10.6 Å². The van der Waals surface area contributed by atoms with Gasteiger partial charge in [-0.25, -0.2) is 4.79 Å². The summed E-state index contributed by atoms with van der Waals surface area (Å²) in [5.74, 6) is 1.33. The Hall–Kier alpha value is -1.51. The van der Waals surface area contributed by atoms with Gasteiger partial charge in [0.25, 0.3) is 0 Å². The fraction of sp³-hybridized carbons (Fsp3) is 0.611. The second-order valence-corrected chi connectivity index (χ2v) is 6.45. The maximum atomic E-state index is 11.9. The van der Waals surface area contributed by atoms with Crippen molar-refractivity contribution in [2.24, 2.45) is 5.92 Å². The Kier molecular flexibility index (Phi) is 6.09. The number of carbonyl (C=O) groups excluding carboxylic acids is 1. The number of anilines is 1. The Morgan fingerprint density at radius 2 is 1.81 bits per heavy atom. The van der Waals surface area contributed by atoms with Gasteiger partial charge in [-0.15, -0.1) is 0 Å². The van der Waals surface area contributed by atoms with Gasteiger partial charge in [-0.2, -0.15) is 0 Å². The normalized spacial score (nSPS) is 16.0. The second kappa shape index (κ2) is 8.06. The first-order chi connectivity index (χ1) is 10.1. The van der Waals surface area contributed by atoms with E-state index in [0.717, 1.165) is 24.6 Å². The minimum Gasteiger partial charge on any atom is -0.338 e. The first kappa shape index (κ1) is 15.9. The zero-order chi connectivity index (χ0) is 15.1. The van der Waals surface area contributed by atoms with Crippen LogP contribution in [-0.2, 0) is 0 Å². The molecule has 2 amide bonds. The zero-order valence-corrected chi connectivity index (χ0v) is 13.3. The number of amides is 2. The lowest BCUT2D eigenvalue weighted by Crippen LogP contribution is -2.30. The minimum atomic E-state index is -0.0943. The van der Waals surface area contributed by atoms with E-state index in [0.29, 0.717) is 5.92 Å². The zero-order valence-electron chi connectivity index (χ0n) is 13.3. The van der Waals surface area contributed by atoms with Gasteiger partial charge in [0, 0.05) is 12.2 Å². The Morgan fingerprint density at radius 3 is 2.43 bits per heavy atom. The van der Waals surface area contributed by atoms with E-state index in [1.807, 2.05) is 12.1 Å². The third-order valence-electron chi connectivity index (χ3n) is 4.40. The largest absolute Gasteiger partial charge is 0.338 e. The molecule has 0 saturated heterocycles. The molecule has 0 radical (unpaired) electrons. The second-order valence-electron chi connectivity index (χ2n) is 6.45. The molecule has 1 aromatic carbocycles. The van der Waals surface area contributed by atoms with E-state index in [1.54, 1.807) is 0 Å². The van der Waals surface area contributed by atoms with Gasteiger partial charge in [-0.3, -0.25) is 0 Å². The van der Waals surface area contributed by atoms with Crippen LogP contribution in [0.4, 0.5) is 10.5 Å². The van der Waals surface area contributed by atoms with Crippen LogP contribution < -0.4 is 10.6 Å². The summed E-state index contributed by atoms with van der Waals surface area (Å²) in [4.78, 5) is 11.9. The molecule has 0 atom stereocenters. The van der Waals surface area contributed by atoms with Gasteiger partial charge in [0.15, 0.2) is 0 Å². The van der Waals surface area contributed by atoms with E-state index in [9.17, 15) is 4.79 Å². The summed E-state index contributed by atoms with van der Waals surface area (Å²) < 4.78 is 0. The fourth-order valence-corrected chi connectivity index (χ4v) is 2.99. The number of rotatable bonds is 5. The Labute approximate surface area is 128 Å². The van der Waals surface area contributed by atoms with Crippen LogP contribution in [-0.4, -0.2) is 12.6 Å². The molecule has 2 rings (SSSR count). The van der Waals surface area contributed by atoms with Crippen LogP contribution in [0.15, 0.2) is 24.3 Å². The van der Waals surface area contributed by atoms with E-state index in [-0.39, 0.29) is 6.03 Å². The number of hydrogen-bond donors (Lipinski definition) is 2. The molecule has 0 aliphatic heterocycles. The van der Waals surface area contributed by atoms with E-state index in [2.05, 4.69) is 36.6 Å². The third kappa shape index (κ3) is 5.41. The van der Waals surface area contributed by atoms with Crippen molar-refractivity contribution in [3.8, 4) is 0 Å². The first-order valence-electron chi connectivity index (χ1n) is 8.30. The molecule has 3 heteroatoms. The fourth-order valence-electron chi connectivity index (χ4n) is 2.99. The summed E-state index contributed by atoms with van der Waals surface area (Å²) in [6.45, 7) is 5.11. The van der Waals surface area contributed by atoms with Gasteiger partial charge in [0.1, 0.15) is 0 Å². The first-order valence-corrected chi connectivity index (χ1v) is 8.30. The molecule has 2 N–H and O–H groups in total. The molecule has 0 aromatic heterocycles. The van der Waals surface area contributed by atoms with Crippen molar-refractivity contribution in [1.82, 2.24) is 5.32 Å². The highest BCUT2D eigenvalue weighted by molar-refractivity contribution is 5.89. The summed E-state index contributed by atoms with van der Waals surface area (Å²) >= 11 is 0. The van der Waals surface area contributed by atoms with Crippen LogP contribution in [0.3, 0.4) is 0 Å². The van der Waals surface area contributed by atoms with Crippen molar-refractivity contribution in [2.45, 2.75) is 58.3 Å². The van der Waals surface area contributed by atoms with Gasteiger partial charge in [0.2, 0.25) is 0 Å². The quantitative estimate of drug-likeness (QED) is 0.794. The van der Waals surface area contributed by atoms with Crippen molar-refractivity contribution < 1.29 is 4.79 Å². The lowest BCUT2D eigenvalue weighted by molar-refractivity contribution is 0.250. The SMILES string of the molecule is CC(C)c1ccc(NC(=O)NCCC2CCCCC2)cc1. The lowest BCUT2D eigenvalue weighted by Gasteiger charge is -2.21. The van der Waals surface area contributed by atoms with Crippen LogP contribution in [0.1, 0.15) is 63.9 Å². The Balaban J connectivity index is 1.68. The van der Waals surface area contributed by atoms with Crippen molar-refractivity contribution in [2.75, 3.05) is 11.9 Å². The monoisotopic (exact) mass is 288 g/mol. The molecule has 0 spiro atoms. The van der Waals surface area contributed by atoms with E-state index in [1.165, 1.54) is 37.7 Å². The van der Waals surface area contributed by atoms with Gasteiger partial charge >= 0.3 is 6.03 Å². The number of carbonyl (C=O) groups is 1. The molecule has 0 heterocycles. The predicted octanol–water partition coefficient (Wildman–Crippen LogP) is 4.90. The number of benzene rings is 1. The highest BCUT2D eigenvalue weighted by Crippen LogP contribution is 2.25. The minimum absolute atomic E-state index is 0.0943. The van der Waals surface area contributed by atoms with Crippen molar-refractivity contribution in [3.63, 3.8) is 0 Å². The molecule has 1 aliphatic carbocycles. The molecular weight excluding hydrogens is 260 g/mol. The summed E-state index contributed by atoms with van der Waals surface area (Å²) in [6, 6.07) is 7.99. The topological polar surface area (TPSA) is 41.1 Å². The van der Waals surface area contributed by atoms with Gasteiger partial charge in [-0.05, 0) is 36.0 Å². The molecule has 0 bridgehead atoms. The summed E-state index contributed by atoms with van der Waals surface area (Å²) in [7, 11) is 0. The molecule has 0 unspecified atom stereocenters. The Bertz CT molecular complexity index is 433. The predicted molar refractivity (Wildman–Crippen MR) is 88.7 cm³/mol. The molecule has 21 heavy (non-hydrogen) atoms. The smallest absolute Gasteiger partial charge is 0.319 e. The standard InChI is InChI=1S/C18H28N2O/c1-14(2)16-8-10-17(11-9-16)20-18(21)19-13-12-15-6-4-3-5-7-15/h8-11,14-15H,3-7,12-13H2,1-2H3,(H2,19,20,21). The average molecular weight is 288 g/mol. The van der Waals surface area contributed by atoms with Crippen LogP contribution in [0.25, 0.3) is 0 Å². The highest BCUT2D eigenvalue weighted by Gasteiger charge is 2.13. The van der Waals surface area contributed by atoms with Gasteiger partial charge in [0.05, 0.1) is 0 Å². The van der Waals surface area contributed by atoms with Crippen molar-refractivity contribution in [1.29, 1.82) is 0 Å². The van der Waals surface area contributed by atoms with Crippen LogP contribution in [0.5, 0.6) is 0 Å². The summed E-state index contributed by atoms with van der Waals surface area (Å²) in [6.07, 6.45) is 7.88. The van der Waals surface area contributed by atoms with Gasteiger partial charge in [-0.1, -0.05) is 58.1 Å². The lowest BCUT2D eigenvalue weighted by atomic mass is 9.87. The van der Waals surface area contributed by atoms with Crippen LogP contribution in [0.2, 0.25) is 0 Å². The molecule has 1 aromatic rings. The maximum absolute atomic E-state index is 11.9.